The lowest BCUT2D eigenvalue weighted by atomic mass is 9.92. The molecule has 23 heavy (non-hydrogen) atoms. The monoisotopic (exact) mass is 321 g/mol. The summed E-state index contributed by atoms with van der Waals surface area (Å²) in [6, 6.07) is 4.81. The van der Waals surface area contributed by atoms with E-state index in [1.54, 1.807) is 12.1 Å². The Balaban J connectivity index is 2.12. The zero-order valence-corrected chi connectivity index (χ0v) is 14.3. The standard InChI is InChI=1S/C18H28FN3O/c1-4-20-18(22-10-13(2)7-14(3)11-22)21-9-15-5-6-17(19)16(8-15)12-23/h5-6,8,13-14,23H,4,7,9-12H2,1-3H3,(H,20,21). The molecule has 2 atom stereocenters. The molecule has 4 nitrogen and oxygen atoms in total. The SMILES string of the molecule is CCNC(=NCc1ccc(F)c(CO)c1)N1CC(C)CC(C)C1. The van der Waals surface area contributed by atoms with Gasteiger partial charge in [0.15, 0.2) is 5.96 Å². The molecule has 1 aromatic rings. The van der Waals surface area contributed by atoms with Crippen molar-refractivity contribution >= 4 is 5.96 Å². The van der Waals surface area contributed by atoms with Gasteiger partial charge in [0, 0.05) is 25.2 Å². The van der Waals surface area contributed by atoms with Gasteiger partial charge in [-0.25, -0.2) is 9.38 Å². The van der Waals surface area contributed by atoms with Crippen molar-refractivity contribution in [1.82, 2.24) is 10.2 Å². The lowest BCUT2D eigenvalue weighted by Crippen LogP contribution is -2.48. The molecule has 1 aliphatic heterocycles. The summed E-state index contributed by atoms with van der Waals surface area (Å²) in [4.78, 5) is 7.03. The third-order valence-corrected chi connectivity index (χ3v) is 4.20. The molecule has 128 valence electrons. The van der Waals surface area contributed by atoms with Crippen LogP contribution in [0.1, 0.15) is 38.3 Å². The van der Waals surface area contributed by atoms with Crippen LogP contribution in [0.25, 0.3) is 0 Å². The molecule has 0 aromatic heterocycles. The average Bonchev–Trinajstić information content (AvgIpc) is 2.51. The molecular weight excluding hydrogens is 293 g/mol. The molecule has 0 spiro atoms. The van der Waals surface area contributed by atoms with Gasteiger partial charge < -0.3 is 15.3 Å². The van der Waals surface area contributed by atoms with Crippen molar-refractivity contribution in [2.24, 2.45) is 16.8 Å². The van der Waals surface area contributed by atoms with Gasteiger partial charge in [0.05, 0.1) is 13.2 Å². The number of aliphatic hydroxyl groups excluding tert-OH is 1. The van der Waals surface area contributed by atoms with E-state index < -0.39 is 0 Å². The molecule has 1 aliphatic rings. The number of halogens is 1. The number of aliphatic hydroxyl groups is 1. The third kappa shape index (κ3) is 4.93. The van der Waals surface area contributed by atoms with Crippen molar-refractivity contribution in [3.8, 4) is 0 Å². The third-order valence-electron chi connectivity index (χ3n) is 4.20. The van der Waals surface area contributed by atoms with Gasteiger partial charge in [0.25, 0.3) is 0 Å². The van der Waals surface area contributed by atoms with Gasteiger partial charge in [0.1, 0.15) is 5.82 Å². The maximum absolute atomic E-state index is 13.5. The van der Waals surface area contributed by atoms with Crippen molar-refractivity contribution in [3.05, 3.63) is 35.1 Å². The van der Waals surface area contributed by atoms with Crippen molar-refractivity contribution in [3.63, 3.8) is 0 Å². The number of piperidine rings is 1. The molecule has 0 saturated carbocycles. The molecule has 1 aromatic carbocycles. The largest absolute Gasteiger partial charge is 0.392 e. The Labute approximate surface area is 138 Å². The molecule has 0 bridgehead atoms. The van der Waals surface area contributed by atoms with Crippen LogP contribution in [0.5, 0.6) is 0 Å². The van der Waals surface area contributed by atoms with Crippen LogP contribution in [0, 0.1) is 17.7 Å². The van der Waals surface area contributed by atoms with E-state index in [1.165, 1.54) is 12.5 Å². The van der Waals surface area contributed by atoms with Crippen LogP contribution in [0.15, 0.2) is 23.2 Å². The Hall–Kier alpha value is -1.62. The van der Waals surface area contributed by atoms with E-state index in [2.05, 4.69) is 31.0 Å². The topological polar surface area (TPSA) is 47.9 Å². The van der Waals surface area contributed by atoms with Crippen molar-refractivity contribution in [1.29, 1.82) is 0 Å². The number of rotatable bonds is 4. The summed E-state index contributed by atoms with van der Waals surface area (Å²) >= 11 is 0. The molecule has 5 heteroatoms. The first-order chi connectivity index (χ1) is 11.0. The zero-order chi connectivity index (χ0) is 16.8. The fraction of sp³-hybridized carbons (Fsp3) is 0.611. The molecule has 0 amide bonds. The molecule has 2 N–H and O–H groups in total. The Kier molecular flexibility index (Phi) is 6.39. The molecule has 1 heterocycles. The Morgan fingerprint density at radius 2 is 2.04 bits per heavy atom. The van der Waals surface area contributed by atoms with Crippen LogP contribution in [0.3, 0.4) is 0 Å². The normalized spacial score (nSPS) is 22.3. The number of aliphatic imine (C=N–C) groups is 1. The Bertz CT molecular complexity index is 537. The Morgan fingerprint density at radius 3 is 2.65 bits per heavy atom. The van der Waals surface area contributed by atoms with E-state index in [-0.39, 0.29) is 12.4 Å². The first kappa shape index (κ1) is 17.7. The highest BCUT2D eigenvalue weighted by atomic mass is 19.1. The minimum absolute atomic E-state index is 0.287. The van der Waals surface area contributed by atoms with Gasteiger partial charge in [-0.15, -0.1) is 0 Å². The van der Waals surface area contributed by atoms with Gasteiger partial charge in [-0.3, -0.25) is 0 Å². The minimum Gasteiger partial charge on any atom is -0.392 e. The second kappa shape index (κ2) is 8.29. The van der Waals surface area contributed by atoms with E-state index >= 15 is 0 Å². The molecule has 0 aliphatic carbocycles. The van der Waals surface area contributed by atoms with Crippen molar-refractivity contribution in [2.75, 3.05) is 19.6 Å². The summed E-state index contributed by atoms with van der Waals surface area (Å²) in [5.74, 6) is 1.87. The van der Waals surface area contributed by atoms with Crippen LogP contribution in [0.2, 0.25) is 0 Å². The maximum atomic E-state index is 13.5. The summed E-state index contributed by atoms with van der Waals surface area (Å²) < 4.78 is 13.5. The Morgan fingerprint density at radius 1 is 1.35 bits per heavy atom. The smallest absolute Gasteiger partial charge is 0.194 e. The molecule has 2 rings (SSSR count). The van der Waals surface area contributed by atoms with Gasteiger partial charge in [-0.1, -0.05) is 19.9 Å². The van der Waals surface area contributed by atoms with E-state index in [0.717, 1.165) is 31.2 Å². The molecule has 2 unspecified atom stereocenters. The van der Waals surface area contributed by atoms with Crippen LogP contribution in [0.4, 0.5) is 4.39 Å². The fourth-order valence-electron chi connectivity index (χ4n) is 3.28. The number of benzene rings is 1. The van der Waals surface area contributed by atoms with Gasteiger partial charge in [0.2, 0.25) is 0 Å². The number of likely N-dealkylation sites (tertiary alicyclic amines) is 1. The summed E-state index contributed by atoms with van der Waals surface area (Å²) in [5, 5.41) is 12.5. The minimum atomic E-state index is -0.370. The zero-order valence-electron chi connectivity index (χ0n) is 14.3. The highest BCUT2D eigenvalue weighted by Crippen LogP contribution is 2.21. The van der Waals surface area contributed by atoms with Crippen LogP contribution >= 0.6 is 0 Å². The predicted octanol–water partition coefficient (Wildman–Crippen LogP) is 2.76. The average molecular weight is 321 g/mol. The molecule has 1 saturated heterocycles. The molecule has 1 fully saturated rings. The molecule has 0 radical (unpaired) electrons. The summed E-state index contributed by atoms with van der Waals surface area (Å²) in [7, 11) is 0. The first-order valence-corrected chi connectivity index (χ1v) is 8.44. The second-order valence-electron chi connectivity index (χ2n) is 6.61. The van der Waals surface area contributed by atoms with Crippen LogP contribution in [-0.4, -0.2) is 35.6 Å². The van der Waals surface area contributed by atoms with Gasteiger partial charge >= 0.3 is 0 Å². The van der Waals surface area contributed by atoms with Crippen LogP contribution < -0.4 is 5.32 Å². The number of nitrogens with one attached hydrogen (secondary N) is 1. The van der Waals surface area contributed by atoms with Gasteiger partial charge in [-0.2, -0.15) is 0 Å². The van der Waals surface area contributed by atoms with Crippen LogP contribution in [-0.2, 0) is 13.2 Å². The van der Waals surface area contributed by atoms with E-state index in [0.29, 0.717) is 23.9 Å². The van der Waals surface area contributed by atoms with Crippen molar-refractivity contribution < 1.29 is 9.50 Å². The summed E-state index contributed by atoms with van der Waals surface area (Å²) in [5.41, 5.74) is 1.23. The first-order valence-electron chi connectivity index (χ1n) is 8.44. The number of guanidine groups is 1. The molecular formula is C18H28FN3O. The number of hydrogen-bond acceptors (Lipinski definition) is 2. The fourth-order valence-corrected chi connectivity index (χ4v) is 3.28. The second-order valence-corrected chi connectivity index (χ2v) is 6.61. The van der Waals surface area contributed by atoms with E-state index in [4.69, 9.17) is 4.99 Å². The van der Waals surface area contributed by atoms with Crippen molar-refractivity contribution in [2.45, 2.75) is 40.3 Å². The summed E-state index contributed by atoms with van der Waals surface area (Å²) in [6.45, 7) is 9.67. The van der Waals surface area contributed by atoms with Gasteiger partial charge in [-0.05, 0) is 42.9 Å². The quantitative estimate of drug-likeness (QED) is 0.662. The predicted molar refractivity (Wildman–Crippen MR) is 91.7 cm³/mol. The number of hydrogen-bond donors (Lipinski definition) is 2. The lowest BCUT2D eigenvalue weighted by molar-refractivity contribution is 0.208. The highest BCUT2D eigenvalue weighted by molar-refractivity contribution is 5.80. The maximum Gasteiger partial charge on any atom is 0.194 e. The summed E-state index contributed by atoms with van der Waals surface area (Å²) in [6.07, 6.45) is 1.26. The highest BCUT2D eigenvalue weighted by Gasteiger charge is 2.23. The number of nitrogens with zero attached hydrogens (tertiary/aromatic N) is 2. The lowest BCUT2D eigenvalue weighted by Gasteiger charge is -2.37. The van der Waals surface area contributed by atoms with E-state index in [9.17, 15) is 9.50 Å². The van der Waals surface area contributed by atoms with E-state index in [1.807, 2.05) is 0 Å².